The quantitative estimate of drug-likeness (QED) is 0.285. The van der Waals surface area contributed by atoms with Crippen molar-refractivity contribution in [2.45, 2.75) is 42.3 Å². The molecule has 0 aliphatic carbocycles. The van der Waals surface area contributed by atoms with Gasteiger partial charge in [-0.1, -0.05) is 17.7 Å². The highest BCUT2D eigenvalue weighted by Crippen LogP contribution is 2.45. The van der Waals surface area contributed by atoms with E-state index in [-0.39, 0.29) is 48.2 Å². The molecule has 2 aliphatic rings. The van der Waals surface area contributed by atoms with Crippen molar-refractivity contribution in [3.8, 4) is 16.9 Å². The van der Waals surface area contributed by atoms with Crippen molar-refractivity contribution in [2.75, 3.05) is 38.6 Å². The molecule has 0 amide bonds. The number of carboxylic acids is 1. The van der Waals surface area contributed by atoms with E-state index in [1.165, 1.54) is 0 Å². The summed E-state index contributed by atoms with van der Waals surface area (Å²) in [5.74, 6) is -2.97. The standard InChI is InChI=1S/C24H25ClF6N6O3S.C2HF3O2/c1-40-18-3-2-13(8-19(18)41(38,39)37(12-23(26,27)28)15-4-6-33-7-5-15)21-16(24(29,30)31)9-14(10-17(21)25)35-22-34-11-20(32)36-22;3-2(4,5)1(6)7/h2-3,8-10,15,33H,4-7,11-12H2,1H3,(H3,32,34,35,36);(H,6,7). The maximum atomic E-state index is 14.3. The molecule has 2 aliphatic heterocycles. The number of nitrogens with zero attached hydrogens (tertiary/aromatic N) is 3. The number of nitrogens with one attached hydrogen (secondary N) is 2. The van der Waals surface area contributed by atoms with E-state index in [1.807, 2.05) is 0 Å². The lowest BCUT2D eigenvalue weighted by Gasteiger charge is -2.34. The monoisotopic (exact) mass is 740 g/mol. The molecule has 2 aromatic rings. The van der Waals surface area contributed by atoms with Gasteiger partial charge >= 0.3 is 24.5 Å². The van der Waals surface area contributed by atoms with Crippen molar-refractivity contribution in [2.24, 2.45) is 15.7 Å². The topological polar surface area (TPSA) is 159 Å². The zero-order valence-electron chi connectivity index (χ0n) is 24.4. The fraction of sp³-hybridized carbons (Fsp3) is 0.423. The lowest BCUT2D eigenvalue weighted by atomic mass is 9.98. The number of aliphatic carboxylic acids is 1. The van der Waals surface area contributed by atoms with Crippen LogP contribution in [0.3, 0.4) is 0 Å². The lowest BCUT2D eigenvalue weighted by molar-refractivity contribution is -0.192. The highest BCUT2D eigenvalue weighted by atomic mass is 35.5. The third kappa shape index (κ3) is 9.86. The van der Waals surface area contributed by atoms with Crippen LogP contribution in [-0.2, 0) is 21.0 Å². The number of aliphatic imine (C=N–C) groups is 2. The van der Waals surface area contributed by atoms with Gasteiger partial charge in [-0.15, -0.1) is 0 Å². The first-order valence-electron chi connectivity index (χ1n) is 13.4. The second kappa shape index (κ2) is 14.7. The molecule has 22 heteroatoms. The number of benzene rings is 2. The van der Waals surface area contributed by atoms with E-state index in [4.69, 9.17) is 32.0 Å². The van der Waals surface area contributed by atoms with E-state index in [2.05, 4.69) is 20.6 Å². The van der Waals surface area contributed by atoms with E-state index in [9.17, 15) is 47.9 Å². The molecule has 11 nitrogen and oxygen atoms in total. The molecule has 0 atom stereocenters. The summed E-state index contributed by atoms with van der Waals surface area (Å²) in [4.78, 5) is 16.0. The van der Waals surface area contributed by atoms with Gasteiger partial charge in [-0.25, -0.2) is 18.2 Å². The number of ether oxygens (including phenoxy) is 1. The van der Waals surface area contributed by atoms with Gasteiger partial charge in [-0.2, -0.15) is 48.8 Å². The van der Waals surface area contributed by atoms with E-state index in [0.29, 0.717) is 17.4 Å². The van der Waals surface area contributed by atoms with Crippen LogP contribution >= 0.6 is 11.6 Å². The maximum Gasteiger partial charge on any atom is 0.490 e. The first kappa shape index (κ1) is 38.6. The van der Waals surface area contributed by atoms with Gasteiger partial charge in [0.15, 0.2) is 0 Å². The average molecular weight is 741 g/mol. The number of methoxy groups -OCH3 is 1. The number of hydrogen-bond acceptors (Lipinski definition) is 9. The number of halogens is 10. The van der Waals surface area contributed by atoms with Crippen molar-refractivity contribution in [3.63, 3.8) is 0 Å². The van der Waals surface area contributed by atoms with Crippen LogP contribution in [0.15, 0.2) is 45.2 Å². The zero-order valence-corrected chi connectivity index (χ0v) is 26.0. The maximum absolute atomic E-state index is 14.3. The Morgan fingerprint density at radius 3 is 2.19 bits per heavy atom. The Balaban J connectivity index is 0.000000804. The number of anilines is 1. The van der Waals surface area contributed by atoms with Crippen LogP contribution in [0.5, 0.6) is 5.75 Å². The summed E-state index contributed by atoms with van der Waals surface area (Å²) in [6.45, 7) is -1.13. The van der Waals surface area contributed by atoms with Crippen LogP contribution in [0.1, 0.15) is 18.4 Å². The minimum absolute atomic E-state index is 0.0278. The number of hydrogen-bond donors (Lipinski definition) is 4. The van der Waals surface area contributed by atoms with Crippen LogP contribution in [0, 0.1) is 0 Å². The molecule has 4 rings (SSSR count). The summed E-state index contributed by atoms with van der Waals surface area (Å²) in [6.07, 6.45) is -14.7. The van der Waals surface area contributed by atoms with E-state index >= 15 is 0 Å². The Morgan fingerprint density at radius 1 is 1.10 bits per heavy atom. The number of carbonyl (C=O) groups is 1. The highest BCUT2D eigenvalue weighted by molar-refractivity contribution is 7.89. The highest BCUT2D eigenvalue weighted by Gasteiger charge is 2.43. The summed E-state index contributed by atoms with van der Waals surface area (Å²) in [5.41, 5.74) is 3.31. The van der Waals surface area contributed by atoms with Crippen molar-refractivity contribution in [1.29, 1.82) is 0 Å². The number of alkyl halides is 9. The molecule has 5 N–H and O–H groups in total. The van der Waals surface area contributed by atoms with Gasteiger partial charge in [0.25, 0.3) is 0 Å². The molecule has 0 spiro atoms. The summed E-state index contributed by atoms with van der Waals surface area (Å²) >= 11 is 6.31. The van der Waals surface area contributed by atoms with Gasteiger partial charge in [0.2, 0.25) is 16.0 Å². The molecule has 0 aromatic heterocycles. The van der Waals surface area contributed by atoms with Crippen LogP contribution in [0.25, 0.3) is 11.1 Å². The molecule has 0 saturated carbocycles. The number of sulfonamides is 1. The predicted octanol–water partition coefficient (Wildman–Crippen LogP) is 5.11. The third-order valence-electron chi connectivity index (χ3n) is 6.62. The smallest absolute Gasteiger partial charge is 0.490 e. The fourth-order valence-corrected chi connectivity index (χ4v) is 6.78. The Bertz CT molecular complexity index is 1680. The number of rotatable bonds is 7. The fourth-order valence-electron chi connectivity index (χ4n) is 4.60. The predicted molar refractivity (Wildman–Crippen MR) is 156 cm³/mol. The number of amidine groups is 1. The van der Waals surface area contributed by atoms with Crippen LogP contribution in [-0.4, -0.2) is 87.3 Å². The summed E-state index contributed by atoms with van der Waals surface area (Å²) in [6, 6.07) is 3.95. The Kier molecular flexibility index (Phi) is 11.9. The molecule has 48 heavy (non-hydrogen) atoms. The van der Waals surface area contributed by atoms with E-state index in [0.717, 1.165) is 37.4 Å². The Labute approximate surface area is 271 Å². The number of piperidine rings is 1. The molecule has 0 bridgehead atoms. The molecule has 2 aromatic carbocycles. The normalized spacial score (nSPS) is 16.2. The van der Waals surface area contributed by atoms with Crippen LogP contribution in [0.4, 0.5) is 45.2 Å². The minimum Gasteiger partial charge on any atom is -0.495 e. The van der Waals surface area contributed by atoms with Crippen molar-refractivity contribution in [3.05, 3.63) is 40.9 Å². The van der Waals surface area contributed by atoms with E-state index < -0.39 is 68.2 Å². The second-order valence-corrected chi connectivity index (χ2v) is 12.3. The molecule has 0 radical (unpaired) electrons. The first-order valence-corrected chi connectivity index (χ1v) is 15.2. The minimum atomic E-state index is -5.08. The van der Waals surface area contributed by atoms with E-state index in [1.54, 1.807) is 0 Å². The number of guanidine groups is 1. The number of carboxylic acid groups (broad SMARTS) is 1. The van der Waals surface area contributed by atoms with Gasteiger partial charge in [-0.3, -0.25) is 0 Å². The Morgan fingerprint density at radius 2 is 1.71 bits per heavy atom. The van der Waals surface area contributed by atoms with Gasteiger partial charge in [0.05, 0.1) is 17.7 Å². The molecule has 266 valence electrons. The molecule has 1 fully saturated rings. The van der Waals surface area contributed by atoms with Crippen molar-refractivity contribution >= 4 is 45.1 Å². The molecular formula is C26H26ClF9N6O5S. The Hall–Kier alpha value is -3.82. The summed E-state index contributed by atoms with van der Waals surface area (Å²) in [7, 11) is -3.82. The van der Waals surface area contributed by atoms with Gasteiger partial charge in [0.1, 0.15) is 29.6 Å². The molecular weight excluding hydrogens is 715 g/mol. The van der Waals surface area contributed by atoms with Gasteiger partial charge < -0.3 is 26.2 Å². The van der Waals surface area contributed by atoms with Gasteiger partial charge in [0, 0.05) is 17.3 Å². The molecule has 2 heterocycles. The molecule has 1 saturated heterocycles. The lowest BCUT2D eigenvalue weighted by Crippen LogP contribution is -2.49. The van der Waals surface area contributed by atoms with Crippen molar-refractivity contribution in [1.82, 2.24) is 9.62 Å². The second-order valence-electron chi connectivity index (χ2n) is 10.1. The van der Waals surface area contributed by atoms with Crippen LogP contribution in [0.2, 0.25) is 5.02 Å². The van der Waals surface area contributed by atoms with Gasteiger partial charge in [-0.05, 0) is 55.8 Å². The summed E-state index contributed by atoms with van der Waals surface area (Å²) < 4.78 is 148. The first-order chi connectivity index (χ1) is 22.0. The van der Waals surface area contributed by atoms with Crippen LogP contribution < -0.4 is 21.1 Å². The SMILES string of the molecule is COc1ccc(-c2c(Cl)cc(NC3=NCC(N)=N3)cc2C(F)(F)F)cc1S(=O)(=O)N(CC(F)(F)F)C1CCNCC1.O=C(O)C(F)(F)F. The summed E-state index contributed by atoms with van der Waals surface area (Å²) in [5, 5.41) is 12.3. The largest absolute Gasteiger partial charge is 0.495 e. The average Bonchev–Trinajstić information content (AvgIpc) is 3.38. The molecule has 0 unspecified atom stereocenters. The zero-order chi connectivity index (χ0) is 36.2. The number of nitrogens with two attached hydrogens (primary N) is 1. The third-order valence-corrected chi connectivity index (χ3v) is 8.84. The van der Waals surface area contributed by atoms with Crippen molar-refractivity contribution < 1.29 is 62.6 Å².